The fourth-order valence-electron chi connectivity index (χ4n) is 6.91. The van der Waals surface area contributed by atoms with Crippen molar-refractivity contribution in [3.63, 3.8) is 0 Å². The van der Waals surface area contributed by atoms with Crippen molar-refractivity contribution in [2.24, 2.45) is 0 Å². The maximum atomic E-state index is 15.9. The van der Waals surface area contributed by atoms with Crippen molar-refractivity contribution in [2.75, 3.05) is 16.8 Å². The smallest absolute Gasteiger partial charge is 0.335 e. The summed E-state index contributed by atoms with van der Waals surface area (Å²) in [6.45, 7) is 3.45. The standard InChI is InChI=1S/C35H29Cl2FN4O4/c1-2-46-22-6-3-5-19(15-22)18-42-28-12-10-21(36)17-26(28)40-34(43)30(23-7-4-8-24(37)32(23)38)31-29(42)13-14-41-27-11-9-20(35(44)45)16-25(27)39-33(31)41/h3-12,15-17,29-31H,2,13-14,18H2,1H3,(H,40,43)(H,44,45)/t29-,30-,31+/m1/s1. The van der Waals surface area contributed by atoms with Crippen LogP contribution in [0.25, 0.3) is 11.0 Å². The minimum atomic E-state index is -1.06. The van der Waals surface area contributed by atoms with E-state index in [1.807, 2.05) is 41.8 Å². The molecule has 0 unspecified atom stereocenters. The van der Waals surface area contributed by atoms with E-state index in [-0.39, 0.29) is 22.2 Å². The van der Waals surface area contributed by atoms with Gasteiger partial charge >= 0.3 is 5.97 Å². The van der Waals surface area contributed by atoms with Crippen LogP contribution in [0.3, 0.4) is 0 Å². The van der Waals surface area contributed by atoms with E-state index in [1.54, 1.807) is 36.4 Å². The van der Waals surface area contributed by atoms with E-state index in [9.17, 15) is 14.7 Å². The Balaban J connectivity index is 1.47. The summed E-state index contributed by atoms with van der Waals surface area (Å²) in [5.74, 6) is -2.54. The number of carboxylic acids is 1. The number of carboxylic acid groups (broad SMARTS) is 1. The van der Waals surface area contributed by atoms with Crippen LogP contribution in [-0.2, 0) is 17.9 Å². The second kappa shape index (κ2) is 12.0. The minimum Gasteiger partial charge on any atom is -0.494 e. The Morgan fingerprint density at radius 3 is 2.72 bits per heavy atom. The summed E-state index contributed by atoms with van der Waals surface area (Å²) in [5.41, 5.74) is 3.74. The van der Waals surface area contributed by atoms with Gasteiger partial charge in [0, 0.05) is 29.7 Å². The first-order valence-corrected chi connectivity index (χ1v) is 15.7. The van der Waals surface area contributed by atoms with Crippen LogP contribution in [0.5, 0.6) is 5.75 Å². The number of anilines is 2. The second-order valence-electron chi connectivity index (χ2n) is 11.5. The van der Waals surface area contributed by atoms with Gasteiger partial charge in [-0.2, -0.15) is 0 Å². The first-order chi connectivity index (χ1) is 22.2. The van der Waals surface area contributed by atoms with Crippen LogP contribution in [0, 0.1) is 5.82 Å². The zero-order valence-electron chi connectivity index (χ0n) is 24.7. The Kier molecular flexibility index (Phi) is 7.82. The molecular weight excluding hydrogens is 630 g/mol. The lowest BCUT2D eigenvalue weighted by molar-refractivity contribution is -0.118. The highest BCUT2D eigenvalue weighted by Crippen LogP contribution is 2.49. The average molecular weight is 660 g/mol. The van der Waals surface area contributed by atoms with Crippen LogP contribution >= 0.6 is 23.2 Å². The van der Waals surface area contributed by atoms with Gasteiger partial charge in [-0.05, 0) is 73.5 Å². The zero-order chi connectivity index (χ0) is 32.1. The Hall–Kier alpha value is -4.60. The van der Waals surface area contributed by atoms with E-state index in [1.165, 1.54) is 12.1 Å². The van der Waals surface area contributed by atoms with Crippen molar-refractivity contribution >= 4 is 57.5 Å². The summed E-state index contributed by atoms with van der Waals surface area (Å²) in [6.07, 6.45) is 0.586. The van der Waals surface area contributed by atoms with Crippen LogP contribution in [0.15, 0.2) is 78.9 Å². The van der Waals surface area contributed by atoms with Crippen LogP contribution < -0.4 is 15.0 Å². The highest BCUT2D eigenvalue weighted by molar-refractivity contribution is 6.31. The number of aryl methyl sites for hydroxylation is 1. The van der Waals surface area contributed by atoms with Crippen molar-refractivity contribution in [1.82, 2.24) is 9.55 Å². The number of amides is 1. The topological polar surface area (TPSA) is 96.7 Å². The number of nitrogens with zero attached hydrogens (tertiary/aromatic N) is 3. The second-order valence-corrected chi connectivity index (χ2v) is 12.3. The lowest BCUT2D eigenvalue weighted by Gasteiger charge is -2.46. The van der Waals surface area contributed by atoms with Gasteiger partial charge in [0.05, 0.1) is 51.4 Å². The molecule has 4 aromatic carbocycles. The van der Waals surface area contributed by atoms with E-state index < -0.39 is 29.5 Å². The van der Waals surface area contributed by atoms with Crippen LogP contribution in [0.4, 0.5) is 15.8 Å². The molecular formula is C35H29Cl2FN4O4. The van der Waals surface area contributed by atoms with Gasteiger partial charge in [-0.3, -0.25) is 4.79 Å². The Labute approximate surface area is 274 Å². The van der Waals surface area contributed by atoms with E-state index in [2.05, 4.69) is 10.2 Å². The number of rotatable bonds is 6. The monoisotopic (exact) mass is 658 g/mol. The number of carbonyl (C=O) groups is 2. The maximum absolute atomic E-state index is 15.9. The van der Waals surface area contributed by atoms with E-state index in [0.717, 1.165) is 22.5 Å². The quantitative estimate of drug-likeness (QED) is 0.193. The van der Waals surface area contributed by atoms with Crippen molar-refractivity contribution < 1.29 is 23.8 Å². The van der Waals surface area contributed by atoms with Gasteiger partial charge in [0.2, 0.25) is 5.91 Å². The molecule has 7 rings (SSSR count). The number of aromatic nitrogens is 2. The summed E-state index contributed by atoms with van der Waals surface area (Å²) in [4.78, 5) is 33.4. The molecule has 0 bridgehead atoms. The maximum Gasteiger partial charge on any atom is 0.335 e. The summed E-state index contributed by atoms with van der Waals surface area (Å²) in [6, 6.07) is 22.4. The molecule has 234 valence electrons. The van der Waals surface area contributed by atoms with Crippen LogP contribution in [-0.4, -0.2) is 39.2 Å². The third-order valence-corrected chi connectivity index (χ3v) is 9.36. The number of hydrogen-bond acceptors (Lipinski definition) is 5. The molecule has 2 aliphatic rings. The van der Waals surface area contributed by atoms with E-state index >= 15 is 4.39 Å². The normalized spacial score (nSPS) is 19.0. The molecule has 0 fully saturated rings. The molecule has 11 heteroatoms. The number of imidazole rings is 1. The molecule has 46 heavy (non-hydrogen) atoms. The van der Waals surface area contributed by atoms with Crippen LogP contribution in [0.2, 0.25) is 10.0 Å². The van der Waals surface area contributed by atoms with Gasteiger partial charge in [0.25, 0.3) is 0 Å². The molecule has 1 aromatic heterocycles. The number of fused-ring (bicyclic) bond motifs is 6. The van der Waals surface area contributed by atoms with E-state index in [4.69, 9.17) is 32.9 Å². The van der Waals surface area contributed by atoms with Crippen LogP contribution in [0.1, 0.15) is 52.5 Å². The molecule has 3 heterocycles. The molecule has 8 nitrogen and oxygen atoms in total. The third-order valence-electron chi connectivity index (χ3n) is 8.83. The first-order valence-electron chi connectivity index (χ1n) is 15.0. The molecule has 0 spiro atoms. The Bertz CT molecular complexity index is 2010. The van der Waals surface area contributed by atoms with Crippen molar-refractivity contribution in [3.8, 4) is 5.75 Å². The number of aromatic carboxylic acids is 1. The Morgan fingerprint density at radius 1 is 1.09 bits per heavy atom. The lowest BCUT2D eigenvalue weighted by Crippen LogP contribution is -2.49. The number of nitrogens with one attached hydrogen (secondary N) is 1. The number of benzene rings is 4. The van der Waals surface area contributed by atoms with Gasteiger partial charge in [-0.15, -0.1) is 0 Å². The van der Waals surface area contributed by atoms with Gasteiger partial charge < -0.3 is 24.6 Å². The largest absolute Gasteiger partial charge is 0.494 e. The summed E-state index contributed by atoms with van der Waals surface area (Å²) < 4.78 is 23.7. The SMILES string of the molecule is CCOc1cccc(CN2c3ccc(Cl)cc3NC(=O)[C@H](c3cccc(Cl)c3F)[C@H]3c4nc5cc(C(=O)O)ccc5n4CC[C@H]32)c1. The first kappa shape index (κ1) is 30.1. The number of hydrogen-bond donors (Lipinski definition) is 2. The summed E-state index contributed by atoms with van der Waals surface area (Å²) in [7, 11) is 0. The average Bonchev–Trinajstić information content (AvgIpc) is 3.40. The summed E-state index contributed by atoms with van der Waals surface area (Å²) in [5, 5.41) is 13.1. The van der Waals surface area contributed by atoms with Gasteiger partial charge in [-0.25, -0.2) is 14.2 Å². The fourth-order valence-corrected chi connectivity index (χ4v) is 7.26. The zero-order valence-corrected chi connectivity index (χ0v) is 26.2. The molecule has 0 aliphatic carbocycles. The van der Waals surface area contributed by atoms with E-state index in [0.29, 0.717) is 48.2 Å². The predicted molar refractivity (Wildman–Crippen MR) is 176 cm³/mol. The van der Waals surface area contributed by atoms with Gasteiger partial charge in [0.1, 0.15) is 17.4 Å². The highest BCUT2D eigenvalue weighted by atomic mass is 35.5. The fraction of sp³-hybridized carbons (Fsp3) is 0.229. The molecule has 0 saturated carbocycles. The Morgan fingerprint density at radius 2 is 1.91 bits per heavy atom. The lowest BCUT2D eigenvalue weighted by atomic mass is 9.75. The van der Waals surface area contributed by atoms with Crippen molar-refractivity contribution in [3.05, 3.63) is 117 Å². The molecule has 0 saturated heterocycles. The third kappa shape index (κ3) is 5.23. The van der Waals surface area contributed by atoms with Crippen molar-refractivity contribution in [2.45, 2.75) is 44.3 Å². The molecule has 2 N–H and O–H groups in total. The number of carbonyl (C=O) groups excluding carboxylic acids is 1. The minimum absolute atomic E-state index is 0.0904. The molecule has 2 aliphatic heterocycles. The molecule has 3 atom stereocenters. The molecule has 1 amide bonds. The number of halogens is 3. The molecule has 0 radical (unpaired) electrons. The van der Waals surface area contributed by atoms with Gasteiger partial charge in [-0.1, -0.05) is 47.5 Å². The highest BCUT2D eigenvalue weighted by Gasteiger charge is 2.47. The summed E-state index contributed by atoms with van der Waals surface area (Å²) >= 11 is 12.7. The number of ether oxygens (including phenoxy) is 1. The predicted octanol–water partition coefficient (Wildman–Crippen LogP) is 7.88. The van der Waals surface area contributed by atoms with Crippen molar-refractivity contribution in [1.29, 1.82) is 0 Å². The van der Waals surface area contributed by atoms with Gasteiger partial charge in [0.15, 0.2) is 0 Å². The molecule has 5 aromatic rings.